The SMILES string of the molecule is COc1ccsc1CNc1ccccn1. The highest BCUT2D eigenvalue weighted by atomic mass is 32.1. The molecular weight excluding hydrogens is 208 g/mol. The van der Waals surface area contributed by atoms with Crippen molar-refractivity contribution in [2.24, 2.45) is 0 Å². The van der Waals surface area contributed by atoms with Crippen molar-refractivity contribution in [3.05, 3.63) is 40.7 Å². The molecule has 3 nitrogen and oxygen atoms in total. The van der Waals surface area contributed by atoms with Crippen molar-refractivity contribution in [1.29, 1.82) is 0 Å². The van der Waals surface area contributed by atoms with Gasteiger partial charge in [0, 0.05) is 6.20 Å². The lowest BCUT2D eigenvalue weighted by atomic mass is 10.4. The van der Waals surface area contributed by atoms with Gasteiger partial charge < -0.3 is 10.1 Å². The molecule has 0 aromatic carbocycles. The molecular formula is C11H12N2OS. The summed E-state index contributed by atoms with van der Waals surface area (Å²) in [5, 5.41) is 5.26. The number of methoxy groups -OCH3 is 1. The second-order valence-electron chi connectivity index (χ2n) is 2.98. The van der Waals surface area contributed by atoms with Crippen LogP contribution in [0.15, 0.2) is 35.8 Å². The predicted octanol–water partition coefficient (Wildman–Crippen LogP) is 2.76. The van der Waals surface area contributed by atoms with Gasteiger partial charge in [0.1, 0.15) is 11.6 Å². The number of nitrogens with one attached hydrogen (secondary N) is 1. The minimum atomic E-state index is 0.748. The maximum atomic E-state index is 5.22. The Balaban J connectivity index is 1.99. The van der Waals surface area contributed by atoms with Crippen molar-refractivity contribution in [2.75, 3.05) is 12.4 Å². The van der Waals surface area contributed by atoms with Crippen LogP contribution >= 0.6 is 11.3 Å². The molecule has 0 spiro atoms. The monoisotopic (exact) mass is 220 g/mol. The van der Waals surface area contributed by atoms with Gasteiger partial charge in [0.05, 0.1) is 18.5 Å². The molecule has 78 valence electrons. The smallest absolute Gasteiger partial charge is 0.134 e. The van der Waals surface area contributed by atoms with Crippen LogP contribution in [0.5, 0.6) is 5.75 Å². The first-order valence-electron chi connectivity index (χ1n) is 4.65. The van der Waals surface area contributed by atoms with E-state index in [1.807, 2.05) is 29.6 Å². The van der Waals surface area contributed by atoms with Crippen LogP contribution < -0.4 is 10.1 Å². The molecule has 0 aliphatic rings. The summed E-state index contributed by atoms with van der Waals surface area (Å²) in [7, 11) is 1.69. The summed E-state index contributed by atoms with van der Waals surface area (Å²) in [6.07, 6.45) is 1.77. The molecule has 15 heavy (non-hydrogen) atoms. The van der Waals surface area contributed by atoms with E-state index in [9.17, 15) is 0 Å². The third kappa shape index (κ3) is 2.47. The Morgan fingerprint density at radius 1 is 1.40 bits per heavy atom. The number of anilines is 1. The maximum Gasteiger partial charge on any atom is 0.134 e. The summed E-state index contributed by atoms with van der Waals surface area (Å²) in [4.78, 5) is 5.37. The highest BCUT2D eigenvalue weighted by Crippen LogP contribution is 2.24. The third-order valence-corrected chi connectivity index (χ3v) is 2.92. The molecule has 2 heterocycles. The Bertz CT molecular complexity index is 414. The summed E-state index contributed by atoms with van der Waals surface area (Å²) < 4.78 is 5.22. The van der Waals surface area contributed by atoms with Gasteiger partial charge in [-0.2, -0.15) is 0 Å². The second-order valence-corrected chi connectivity index (χ2v) is 3.98. The number of thiophene rings is 1. The topological polar surface area (TPSA) is 34.1 Å². The lowest BCUT2D eigenvalue weighted by molar-refractivity contribution is 0.413. The van der Waals surface area contributed by atoms with Crippen LogP contribution in [0, 0.1) is 0 Å². The highest BCUT2D eigenvalue weighted by Gasteiger charge is 2.03. The second kappa shape index (κ2) is 4.79. The first-order valence-corrected chi connectivity index (χ1v) is 5.53. The van der Waals surface area contributed by atoms with Crippen LogP contribution in [0.25, 0.3) is 0 Å². The number of hydrogen-bond acceptors (Lipinski definition) is 4. The largest absolute Gasteiger partial charge is 0.496 e. The Morgan fingerprint density at radius 3 is 3.07 bits per heavy atom. The Hall–Kier alpha value is -1.55. The Labute approximate surface area is 92.7 Å². The zero-order valence-electron chi connectivity index (χ0n) is 8.43. The molecule has 0 atom stereocenters. The zero-order valence-corrected chi connectivity index (χ0v) is 9.25. The van der Waals surface area contributed by atoms with E-state index in [-0.39, 0.29) is 0 Å². The van der Waals surface area contributed by atoms with Gasteiger partial charge in [-0.1, -0.05) is 6.07 Å². The van der Waals surface area contributed by atoms with Crippen LogP contribution in [0.3, 0.4) is 0 Å². The predicted molar refractivity (Wildman–Crippen MR) is 62.4 cm³/mol. The maximum absolute atomic E-state index is 5.22. The quantitative estimate of drug-likeness (QED) is 0.860. The lowest BCUT2D eigenvalue weighted by Crippen LogP contribution is -2.00. The van der Waals surface area contributed by atoms with Crippen LogP contribution in [0.4, 0.5) is 5.82 Å². The van der Waals surface area contributed by atoms with Gasteiger partial charge in [0.25, 0.3) is 0 Å². The van der Waals surface area contributed by atoms with E-state index in [4.69, 9.17) is 4.74 Å². The summed E-state index contributed by atoms with van der Waals surface area (Å²) in [5.41, 5.74) is 0. The van der Waals surface area contributed by atoms with Gasteiger partial charge in [-0.3, -0.25) is 0 Å². The molecule has 0 unspecified atom stereocenters. The van der Waals surface area contributed by atoms with E-state index >= 15 is 0 Å². The van der Waals surface area contributed by atoms with Gasteiger partial charge >= 0.3 is 0 Å². The van der Waals surface area contributed by atoms with Crippen molar-refractivity contribution >= 4 is 17.2 Å². The van der Waals surface area contributed by atoms with Gasteiger partial charge in [0.2, 0.25) is 0 Å². The zero-order chi connectivity index (χ0) is 10.5. The average molecular weight is 220 g/mol. The first-order chi connectivity index (χ1) is 7.40. The van der Waals surface area contributed by atoms with E-state index in [2.05, 4.69) is 10.3 Å². The molecule has 0 aliphatic carbocycles. The summed E-state index contributed by atoms with van der Waals surface area (Å²) in [6, 6.07) is 7.78. The number of aromatic nitrogens is 1. The van der Waals surface area contributed by atoms with Crippen molar-refractivity contribution in [2.45, 2.75) is 6.54 Å². The number of ether oxygens (including phenoxy) is 1. The van der Waals surface area contributed by atoms with Crippen molar-refractivity contribution in [1.82, 2.24) is 4.98 Å². The summed E-state index contributed by atoms with van der Waals surface area (Å²) >= 11 is 1.68. The molecule has 2 aromatic rings. The van der Waals surface area contributed by atoms with Crippen molar-refractivity contribution in [3.63, 3.8) is 0 Å². The fourth-order valence-corrected chi connectivity index (χ4v) is 2.06. The van der Waals surface area contributed by atoms with Crippen LogP contribution in [0.2, 0.25) is 0 Å². The van der Waals surface area contributed by atoms with Gasteiger partial charge in [0.15, 0.2) is 0 Å². The fraction of sp³-hybridized carbons (Fsp3) is 0.182. The third-order valence-electron chi connectivity index (χ3n) is 2.02. The molecule has 0 radical (unpaired) electrons. The summed E-state index contributed by atoms with van der Waals surface area (Å²) in [6.45, 7) is 0.748. The molecule has 0 saturated carbocycles. The number of rotatable bonds is 4. The minimum Gasteiger partial charge on any atom is -0.496 e. The van der Waals surface area contributed by atoms with Crippen LogP contribution in [-0.2, 0) is 6.54 Å². The molecule has 0 amide bonds. The summed E-state index contributed by atoms with van der Waals surface area (Å²) in [5.74, 6) is 1.82. The van der Waals surface area contributed by atoms with Gasteiger partial charge in [-0.15, -0.1) is 11.3 Å². The Kier molecular flexibility index (Phi) is 3.19. The molecule has 2 aromatic heterocycles. The lowest BCUT2D eigenvalue weighted by Gasteiger charge is -2.05. The normalized spacial score (nSPS) is 9.93. The van der Waals surface area contributed by atoms with Gasteiger partial charge in [-0.25, -0.2) is 4.98 Å². The molecule has 0 saturated heterocycles. The Morgan fingerprint density at radius 2 is 2.33 bits per heavy atom. The molecule has 0 aliphatic heterocycles. The van der Waals surface area contributed by atoms with Crippen molar-refractivity contribution < 1.29 is 4.74 Å². The molecule has 0 bridgehead atoms. The molecule has 0 fully saturated rings. The van der Waals surface area contributed by atoms with E-state index in [0.717, 1.165) is 18.1 Å². The number of nitrogens with zero attached hydrogens (tertiary/aromatic N) is 1. The molecule has 4 heteroatoms. The standard InChI is InChI=1S/C11H12N2OS/c1-14-9-5-7-15-10(9)8-13-11-4-2-3-6-12-11/h2-7H,8H2,1H3,(H,12,13). The van der Waals surface area contributed by atoms with Gasteiger partial charge in [-0.05, 0) is 23.6 Å². The van der Waals surface area contributed by atoms with Crippen LogP contribution in [0.1, 0.15) is 4.88 Å². The van der Waals surface area contributed by atoms with Crippen LogP contribution in [-0.4, -0.2) is 12.1 Å². The molecule has 2 rings (SSSR count). The van der Waals surface area contributed by atoms with E-state index in [0.29, 0.717) is 0 Å². The average Bonchev–Trinajstić information content (AvgIpc) is 2.75. The van der Waals surface area contributed by atoms with E-state index in [1.54, 1.807) is 24.6 Å². The molecule has 1 N–H and O–H groups in total. The van der Waals surface area contributed by atoms with Crippen molar-refractivity contribution in [3.8, 4) is 5.75 Å². The van der Waals surface area contributed by atoms with E-state index < -0.39 is 0 Å². The number of hydrogen-bond donors (Lipinski definition) is 1. The highest BCUT2D eigenvalue weighted by molar-refractivity contribution is 7.10. The number of pyridine rings is 1. The fourth-order valence-electron chi connectivity index (χ4n) is 1.28. The first kappa shape index (κ1) is 9.98. The van der Waals surface area contributed by atoms with E-state index in [1.165, 1.54) is 4.88 Å². The minimum absolute atomic E-state index is 0.748.